The van der Waals surface area contributed by atoms with Gasteiger partial charge in [0.1, 0.15) is 5.54 Å². The molecule has 0 aliphatic carbocycles. The monoisotopic (exact) mass is 356 g/mol. The third-order valence-electron chi connectivity index (χ3n) is 5.13. The molecule has 2 saturated heterocycles. The van der Waals surface area contributed by atoms with Crippen LogP contribution in [0, 0.1) is 11.8 Å². The second kappa shape index (κ2) is 8.98. The maximum atomic E-state index is 12.8. The van der Waals surface area contributed by atoms with Gasteiger partial charge in [0, 0.05) is 18.5 Å². The van der Waals surface area contributed by atoms with E-state index in [2.05, 4.69) is 10.6 Å². The Morgan fingerprint density at radius 3 is 2.72 bits per heavy atom. The molecular weight excluding hydrogens is 327 g/mol. The van der Waals surface area contributed by atoms with Gasteiger partial charge in [0.2, 0.25) is 6.79 Å². The lowest BCUT2D eigenvalue weighted by Crippen LogP contribution is -2.53. The number of ether oxygens (including phenoxy) is 2. The van der Waals surface area contributed by atoms with E-state index >= 15 is 0 Å². The van der Waals surface area contributed by atoms with Crippen molar-refractivity contribution in [1.82, 2.24) is 10.6 Å². The van der Waals surface area contributed by atoms with Crippen molar-refractivity contribution < 1.29 is 29.1 Å². The Balaban J connectivity index is 1.94. The van der Waals surface area contributed by atoms with E-state index in [-0.39, 0.29) is 31.0 Å². The zero-order valence-corrected chi connectivity index (χ0v) is 15.0. The third kappa shape index (κ3) is 4.94. The Morgan fingerprint density at radius 2 is 2.04 bits per heavy atom. The van der Waals surface area contributed by atoms with Crippen LogP contribution in [0.1, 0.15) is 39.5 Å². The molecule has 0 spiro atoms. The minimum Gasteiger partial charge on any atom is -0.428 e. The van der Waals surface area contributed by atoms with Gasteiger partial charge in [-0.05, 0) is 25.7 Å². The van der Waals surface area contributed by atoms with Crippen LogP contribution in [0.5, 0.6) is 0 Å². The summed E-state index contributed by atoms with van der Waals surface area (Å²) in [4.78, 5) is 24.3. The van der Waals surface area contributed by atoms with Crippen LogP contribution in [0.15, 0.2) is 0 Å². The Kier molecular flexibility index (Phi) is 7.24. The van der Waals surface area contributed by atoms with E-state index in [1.807, 2.05) is 0 Å². The Bertz CT molecular complexity index is 476. The second-order valence-corrected chi connectivity index (χ2v) is 7.20. The van der Waals surface area contributed by atoms with Crippen molar-refractivity contribution in [3.8, 4) is 0 Å². The van der Waals surface area contributed by atoms with Gasteiger partial charge in [-0.2, -0.15) is 0 Å². The molecule has 2 aliphatic rings. The first kappa shape index (κ1) is 20.2. The zero-order chi connectivity index (χ0) is 18.4. The fraction of sp³-hybridized carbons (Fsp3) is 0.875. The van der Waals surface area contributed by atoms with Crippen molar-refractivity contribution in [3.63, 3.8) is 0 Å². The lowest BCUT2D eigenvalue weighted by Gasteiger charge is -2.32. The third-order valence-corrected chi connectivity index (χ3v) is 5.13. The first-order valence-corrected chi connectivity index (χ1v) is 9.05. The van der Waals surface area contributed by atoms with Crippen LogP contribution in [0.2, 0.25) is 6.32 Å². The van der Waals surface area contributed by atoms with Gasteiger partial charge in [0.05, 0.1) is 5.92 Å². The summed E-state index contributed by atoms with van der Waals surface area (Å²) in [5.41, 5.74) is -0.807. The number of esters is 2. The molecule has 0 aromatic carbocycles. The van der Waals surface area contributed by atoms with E-state index in [9.17, 15) is 9.59 Å². The zero-order valence-electron chi connectivity index (χ0n) is 15.0. The molecule has 2 fully saturated rings. The lowest BCUT2D eigenvalue weighted by atomic mass is 9.77. The lowest BCUT2D eigenvalue weighted by molar-refractivity contribution is -0.175. The van der Waals surface area contributed by atoms with Crippen LogP contribution in [-0.2, 0) is 19.1 Å². The number of fused-ring (bicyclic) bond motifs is 1. The molecule has 2 rings (SSSR count). The van der Waals surface area contributed by atoms with Gasteiger partial charge in [-0.3, -0.25) is 4.79 Å². The molecule has 0 saturated carbocycles. The highest BCUT2D eigenvalue weighted by atomic mass is 16.7. The summed E-state index contributed by atoms with van der Waals surface area (Å²) in [6.07, 6.45) is 3.00. The van der Waals surface area contributed by atoms with Gasteiger partial charge in [-0.25, -0.2) is 4.79 Å². The average molecular weight is 356 g/mol. The van der Waals surface area contributed by atoms with Crippen molar-refractivity contribution in [3.05, 3.63) is 0 Å². The van der Waals surface area contributed by atoms with Gasteiger partial charge < -0.3 is 30.2 Å². The first-order chi connectivity index (χ1) is 11.9. The minimum absolute atomic E-state index is 0.125. The van der Waals surface area contributed by atoms with Crippen molar-refractivity contribution in [1.29, 1.82) is 0 Å². The molecule has 142 valence electrons. The quantitative estimate of drug-likeness (QED) is 0.192. The molecule has 0 aromatic heterocycles. The van der Waals surface area contributed by atoms with E-state index in [4.69, 9.17) is 19.5 Å². The van der Waals surface area contributed by atoms with E-state index in [0.717, 1.165) is 13.0 Å². The minimum atomic E-state index is -1.32. The molecule has 25 heavy (non-hydrogen) atoms. The highest BCUT2D eigenvalue weighted by molar-refractivity contribution is 6.40. The van der Waals surface area contributed by atoms with Crippen LogP contribution >= 0.6 is 0 Å². The average Bonchev–Trinajstić information content (AvgIpc) is 3.14. The summed E-state index contributed by atoms with van der Waals surface area (Å²) in [5.74, 6) is -0.950. The normalized spacial score (nSPS) is 28.0. The van der Waals surface area contributed by atoms with Crippen molar-refractivity contribution in [2.24, 2.45) is 11.8 Å². The molecule has 4 N–H and O–H groups in total. The second-order valence-electron chi connectivity index (χ2n) is 7.20. The number of rotatable bonds is 9. The number of hydrogen-bond acceptors (Lipinski definition) is 8. The van der Waals surface area contributed by atoms with Gasteiger partial charge in [-0.1, -0.05) is 26.7 Å². The summed E-state index contributed by atoms with van der Waals surface area (Å²) in [7, 11) is -1.32. The number of carbonyl (C=O) groups is 2. The molecule has 0 unspecified atom stereocenters. The first-order valence-electron chi connectivity index (χ1n) is 9.05. The van der Waals surface area contributed by atoms with Gasteiger partial charge in [0.15, 0.2) is 0 Å². The Hall–Kier alpha value is -1.16. The Morgan fingerprint density at radius 1 is 1.28 bits per heavy atom. The summed E-state index contributed by atoms with van der Waals surface area (Å²) in [6.45, 7) is 4.61. The number of hydrogen-bond donors (Lipinski definition) is 4. The van der Waals surface area contributed by atoms with E-state index in [1.165, 1.54) is 0 Å². The molecule has 0 aromatic rings. The van der Waals surface area contributed by atoms with Crippen LogP contribution < -0.4 is 10.6 Å². The molecule has 8 nitrogen and oxygen atoms in total. The predicted octanol–water partition coefficient (Wildman–Crippen LogP) is -0.350. The standard InChI is InChI=1S/C16H29BN2O6/c1-11(2)14(20)24-10-25-15(21)16(6-3-4-7-17(22)23)12-5-8-18-13(12)9-19-16/h11-13,18-19,22-23H,3-10H2,1-2H3/t12-,13-,16+/m0/s1. The molecule has 2 heterocycles. The van der Waals surface area contributed by atoms with Gasteiger partial charge >= 0.3 is 19.1 Å². The summed E-state index contributed by atoms with van der Waals surface area (Å²) < 4.78 is 10.2. The van der Waals surface area contributed by atoms with Gasteiger partial charge in [-0.15, -0.1) is 0 Å². The highest BCUT2D eigenvalue weighted by Crippen LogP contribution is 2.38. The van der Waals surface area contributed by atoms with Crippen LogP contribution in [0.3, 0.4) is 0 Å². The smallest absolute Gasteiger partial charge is 0.428 e. The largest absolute Gasteiger partial charge is 0.451 e. The van der Waals surface area contributed by atoms with Crippen LogP contribution in [0.4, 0.5) is 0 Å². The van der Waals surface area contributed by atoms with E-state index in [0.29, 0.717) is 25.8 Å². The van der Waals surface area contributed by atoms with Crippen molar-refractivity contribution in [2.75, 3.05) is 19.9 Å². The van der Waals surface area contributed by atoms with Crippen LogP contribution in [-0.4, -0.2) is 60.6 Å². The molecule has 9 heteroatoms. The summed E-state index contributed by atoms with van der Waals surface area (Å²) in [6, 6.07) is 0.231. The maximum absolute atomic E-state index is 12.8. The van der Waals surface area contributed by atoms with E-state index in [1.54, 1.807) is 13.8 Å². The predicted molar refractivity (Wildman–Crippen MR) is 91.4 cm³/mol. The SMILES string of the molecule is CC(C)C(=O)OCOC(=O)[C@]1(CCCCB(O)O)NC[C@@H]2NCC[C@@H]21. The maximum Gasteiger partial charge on any atom is 0.451 e. The Labute approximate surface area is 148 Å². The highest BCUT2D eigenvalue weighted by Gasteiger charge is 2.55. The summed E-state index contributed by atoms with van der Waals surface area (Å²) >= 11 is 0. The number of unbranched alkanes of at least 4 members (excludes halogenated alkanes) is 1. The topological polar surface area (TPSA) is 117 Å². The fourth-order valence-electron chi connectivity index (χ4n) is 3.76. The molecule has 0 radical (unpaired) electrons. The molecule has 0 amide bonds. The number of nitrogens with one attached hydrogen (secondary N) is 2. The van der Waals surface area contributed by atoms with Crippen LogP contribution in [0.25, 0.3) is 0 Å². The molecule has 3 atom stereocenters. The molecular formula is C16H29BN2O6. The fourth-order valence-corrected chi connectivity index (χ4v) is 3.76. The van der Waals surface area contributed by atoms with Crippen molar-refractivity contribution in [2.45, 2.75) is 57.4 Å². The van der Waals surface area contributed by atoms with Gasteiger partial charge in [0.25, 0.3) is 0 Å². The molecule has 2 aliphatic heterocycles. The summed E-state index contributed by atoms with van der Waals surface area (Å²) in [5, 5.41) is 24.7. The van der Waals surface area contributed by atoms with E-state index < -0.39 is 24.6 Å². The molecule has 0 bridgehead atoms. The van der Waals surface area contributed by atoms with Crippen molar-refractivity contribution >= 4 is 19.1 Å². The number of carbonyl (C=O) groups excluding carboxylic acids is 2.